The summed E-state index contributed by atoms with van der Waals surface area (Å²) in [6, 6.07) is 0. The minimum atomic E-state index is -4.52. The van der Waals surface area contributed by atoms with Crippen LogP contribution in [0.25, 0.3) is 0 Å². The normalized spacial score (nSPS) is 23.7. The average Bonchev–Trinajstić information content (AvgIpc) is 2.45. The molecule has 0 spiro atoms. The number of carbonyl (C=O) groups is 3. The van der Waals surface area contributed by atoms with E-state index < -0.39 is 45.6 Å². The third kappa shape index (κ3) is 4.33. The Balaban J connectivity index is 2.18. The molecule has 2 heterocycles. The number of carboxylic acid groups (broad SMARTS) is 1. The Kier molecular flexibility index (Phi) is 6.02. The summed E-state index contributed by atoms with van der Waals surface area (Å²) in [5.41, 5.74) is -4.38. The van der Waals surface area contributed by atoms with Crippen molar-refractivity contribution in [3.8, 4) is 0 Å². The fourth-order valence-corrected chi connectivity index (χ4v) is 4.83. The first-order valence-corrected chi connectivity index (χ1v) is 9.89. The molecule has 1 fully saturated rings. The predicted octanol–water partition coefficient (Wildman–Crippen LogP) is 1.69. The summed E-state index contributed by atoms with van der Waals surface area (Å²) in [7, 11) is 0. The Hall–Kier alpha value is -1.01. The number of amides is 2. The quantitative estimate of drug-likeness (QED) is 0.654. The molecule has 1 unspecified atom stereocenters. The summed E-state index contributed by atoms with van der Waals surface area (Å²) >= 11 is 2.01. The first-order chi connectivity index (χ1) is 11.1. The van der Waals surface area contributed by atoms with Crippen molar-refractivity contribution in [2.45, 2.75) is 22.7 Å². The minimum absolute atomic E-state index is 0.137. The van der Waals surface area contributed by atoms with Crippen molar-refractivity contribution in [3.05, 3.63) is 11.3 Å². The highest BCUT2D eigenvalue weighted by molar-refractivity contribution is 8.01. The molecule has 2 aliphatic heterocycles. The van der Waals surface area contributed by atoms with Crippen molar-refractivity contribution < 1.29 is 32.7 Å². The van der Waals surface area contributed by atoms with E-state index in [1.807, 2.05) is 0 Å². The van der Waals surface area contributed by atoms with E-state index in [2.05, 4.69) is 5.32 Å². The van der Waals surface area contributed by atoms with E-state index in [1.165, 1.54) is 16.7 Å². The summed E-state index contributed by atoms with van der Waals surface area (Å²) in [4.78, 5) is 36.1. The number of β-lactam (4-membered cyclic amide) rings is 1. The van der Waals surface area contributed by atoms with Crippen LogP contribution < -0.4 is 5.32 Å². The lowest BCUT2D eigenvalue weighted by Gasteiger charge is -2.46. The standard InChI is InChI=1S/C12H13F3N2O4S3/c1-22-3-5-9(11(20)21)17-7(19)2-8(17)24-10(5)16-6(18)4-23-12(13,14)15/h8,10H,2-4H2,1H3,(H,16,18)(H,20,21)/t8-,10?/m1/s1. The predicted molar refractivity (Wildman–Crippen MR) is 86.3 cm³/mol. The number of rotatable bonds is 6. The highest BCUT2D eigenvalue weighted by Crippen LogP contribution is 2.43. The van der Waals surface area contributed by atoms with Crippen LogP contribution in [0, 0.1) is 0 Å². The molecule has 0 aromatic carbocycles. The van der Waals surface area contributed by atoms with Crippen LogP contribution in [0.15, 0.2) is 11.3 Å². The molecule has 2 N–H and O–H groups in total. The molecule has 0 aliphatic carbocycles. The monoisotopic (exact) mass is 402 g/mol. The van der Waals surface area contributed by atoms with Crippen LogP contribution in [0.2, 0.25) is 0 Å². The lowest BCUT2D eigenvalue weighted by molar-refractivity contribution is -0.146. The Labute approximate surface area is 148 Å². The number of thioether (sulfide) groups is 3. The van der Waals surface area contributed by atoms with Crippen molar-refractivity contribution in [2.24, 2.45) is 0 Å². The first kappa shape index (κ1) is 19.3. The molecular formula is C12H13F3N2O4S3. The smallest absolute Gasteiger partial charge is 0.442 e. The molecule has 0 radical (unpaired) electrons. The summed E-state index contributed by atoms with van der Waals surface area (Å²) in [6.45, 7) is 0. The molecule has 0 bridgehead atoms. The summed E-state index contributed by atoms with van der Waals surface area (Å²) in [5.74, 6) is -3.01. The van der Waals surface area contributed by atoms with Crippen LogP contribution in [-0.4, -0.2) is 61.8 Å². The van der Waals surface area contributed by atoms with Gasteiger partial charge in [-0.25, -0.2) is 4.79 Å². The molecule has 24 heavy (non-hydrogen) atoms. The van der Waals surface area contributed by atoms with Gasteiger partial charge in [-0.2, -0.15) is 24.9 Å². The number of aliphatic carboxylic acids is 1. The maximum absolute atomic E-state index is 12.2. The van der Waals surface area contributed by atoms with Crippen LogP contribution in [0.1, 0.15) is 6.42 Å². The van der Waals surface area contributed by atoms with Crippen molar-refractivity contribution >= 4 is 53.1 Å². The second kappa shape index (κ2) is 7.48. The van der Waals surface area contributed by atoms with Crippen LogP contribution in [0.4, 0.5) is 13.2 Å². The third-order valence-electron chi connectivity index (χ3n) is 3.22. The van der Waals surface area contributed by atoms with Gasteiger partial charge in [0, 0.05) is 11.3 Å². The van der Waals surface area contributed by atoms with E-state index >= 15 is 0 Å². The molecule has 134 valence electrons. The van der Waals surface area contributed by atoms with E-state index in [9.17, 15) is 32.7 Å². The van der Waals surface area contributed by atoms with E-state index in [0.717, 1.165) is 11.8 Å². The second-order valence-electron chi connectivity index (χ2n) is 4.85. The highest BCUT2D eigenvalue weighted by atomic mass is 32.2. The highest BCUT2D eigenvalue weighted by Gasteiger charge is 2.48. The molecule has 2 rings (SSSR count). The average molecular weight is 402 g/mol. The number of carboxylic acids is 1. The van der Waals surface area contributed by atoms with Gasteiger partial charge < -0.3 is 10.4 Å². The molecule has 0 aromatic rings. The first-order valence-electron chi connectivity index (χ1n) is 6.57. The largest absolute Gasteiger partial charge is 0.477 e. The van der Waals surface area contributed by atoms with Crippen LogP contribution in [0.5, 0.6) is 0 Å². The maximum Gasteiger partial charge on any atom is 0.442 e. The number of halogens is 3. The molecule has 1 saturated heterocycles. The number of fused-ring (bicyclic) bond motifs is 1. The fourth-order valence-electron chi connectivity index (χ4n) is 2.28. The minimum Gasteiger partial charge on any atom is -0.477 e. The molecule has 0 saturated carbocycles. The van der Waals surface area contributed by atoms with Gasteiger partial charge in [-0.05, 0) is 18.0 Å². The number of nitrogens with one attached hydrogen (secondary N) is 1. The van der Waals surface area contributed by atoms with E-state index in [-0.39, 0.29) is 23.8 Å². The molecular weight excluding hydrogens is 389 g/mol. The molecule has 12 heteroatoms. The number of hydrogen-bond donors (Lipinski definition) is 2. The Bertz CT molecular complexity index is 597. The molecule has 2 amide bonds. The van der Waals surface area contributed by atoms with Crippen molar-refractivity contribution in [3.63, 3.8) is 0 Å². The van der Waals surface area contributed by atoms with Crippen molar-refractivity contribution in [2.75, 3.05) is 17.8 Å². The molecule has 2 atom stereocenters. The number of nitrogens with zero attached hydrogens (tertiary/aromatic N) is 1. The molecule has 2 aliphatic rings. The number of hydrogen-bond acceptors (Lipinski definition) is 6. The van der Waals surface area contributed by atoms with Gasteiger partial charge in [0.1, 0.15) is 11.1 Å². The van der Waals surface area contributed by atoms with E-state index in [1.54, 1.807) is 6.26 Å². The zero-order valence-corrected chi connectivity index (χ0v) is 14.7. The Morgan fingerprint density at radius 3 is 2.62 bits per heavy atom. The SMILES string of the molecule is CSCC1=C(C(=O)O)N2C(=O)C[C@H]2SC1NC(=O)CSC(F)(F)F. The maximum atomic E-state index is 12.2. The topological polar surface area (TPSA) is 86.7 Å². The summed E-state index contributed by atoms with van der Waals surface area (Å²) < 4.78 is 36.5. The molecule has 6 nitrogen and oxygen atoms in total. The fraction of sp³-hybridized carbons (Fsp3) is 0.583. The van der Waals surface area contributed by atoms with Gasteiger partial charge in [0.25, 0.3) is 0 Å². The van der Waals surface area contributed by atoms with Gasteiger partial charge in [0.05, 0.1) is 17.5 Å². The van der Waals surface area contributed by atoms with Crippen molar-refractivity contribution in [1.82, 2.24) is 10.2 Å². The zero-order chi connectivity index (χ0) is 18.1. The summed E-state index contributed by atoms with van der Waals surface area (Å²) in [6.07, 6.45) is 1.86. The number of carbonyl (C=O) groups excluding carboxylic acids is 2. The number of alkyl halides is 3. The van der Waals surface area contributed by atoms with Crippen LogP contribution in [-0.2, 0) is 14.4 Å². The zero-order valence-electron chi connectivity index (χ0n) is 12.3. The van der Waals surface area contributed by atoms with Crippen LogP contribution in [0.3, 0.4) is 0 Å². The third-order valence-corrected chi connectivity index (χ3v) is 5.92. The Morgan fingerprint density at radius 2 is 2.12 bits per heavy atom. The molecule has 0 aromatic heterocycles. The van der Waals surface area contributed by atoms with Gasteiger partial charge in [0.2, 0.25) is 11.8 Å². The van der Waals surface area contributed by atoms with Gasteiger partial charge in [-0.15, -0.1) is 11.8 Å². The van der Waals surface area contributed by atoms with E-state index in [4.69, 9.17) is 0 Å². The Morgan fingerprint density at radius 1 is 1.46 bits per heavy atom. The van der Waals surface area contributed by atoms with Gasteiger partial charge in [-0.1, -0.05) is 0 Å². The van der Waals surface area contributed by atoms with Gasteiger partial charge >= 0.3 is 11.5 Å². The van der Waals surface area contributed by atoms with E-state index in [0.29, 0.717) is 5.57 Å². The second-order valence-corrected chi connectivity index (χ2v) is 8.05. The van der Waals surface area contributed by atoms with Gasteiger partial charge in [-0.3, -0.25) is 14.5 Å². The lowest BCUT2D eigenvalue weighted by atomic mass is 10.1. The van der Waals surface area contributed by atoms with Crippen LogP contribution >= 0.6 is 35.3 Å². The van der Waals surface area contributed by atoms with Crippen molar-refractivity contribution in [1.29, 1.82) is 0 Å². The van der Waals surface area contributed by atoms with Gasteiger partial charge in [0.15, 0.2) is 0 Å². The lowest BCUT2D eigenvalue weighted by Crippen LogP contribution is -2.57. The summed E-state index contributed by atoms with van der Waals surface area (Å²) in [5, 5.41) is 10.7.